The van der Waals surface area contributed by atoms with E-state index in [0.717, 1.165) is 23.0 Å². The number of phenols is 1. The Morgan fingerprint density at radius 2 is 2.11 bits per heavy atom. The van der Waals surface area contributed by atoms with Crippen molar-refractivity contribution in [1.29, 1.82) is 0 Å². The highest BCUT2D eigenvalue weighted by molar-refractivity contribution is 5.84. The standard InChI is InChI=1S/C16H21NO/c1-11-4-2-6-13(16(11)18)10-17-15-9-8-12-5-3-7-14(12)15/h2,4,6,10,12,14-15,18H,3,5,7-9H2,1H3. The molecule has 1 N–H and O–H groups in total. The molecule has 0 aromatic heterocycles. The summed E-state index contributed by atoms with van der Waals surface area (Å²) in [6.45, 7) is 1.93. The number of aromatic hydroxyl groups is 1. The van der Waals surface area contributed by atoms with E-state index in [0.29, 0.717) is 11.8 Å². The second kappa shape index (κ2) is 4.75. The number of fused-ring (bicyclic) bond motifs is 1. The lowest BCUT2D eigenvalue weighted by molar-refractivity contribution is 0.423. The first-order valence-corrected chi connectivity index (χ1v) is 7.07. The number of rotatable bonds is 2. The molecule has 0 saturated heterocycles. The Hall–Kier alpha value is -1.31. The molecule has 1 aromatic rings. The van der Waals surface area contributed by atoms with Gasteiger partial charge in [0, 0.05) is 11.8 Å². The summed E-state index contributed by atoms with van der Waals surface area (Å²) in [5.41, 5.74) is 1.78. The molecule has 2 aliphatic carbocycles. The molecular weight excluding hydrogens is 222 g/mol. The Morgan fingerprint density at radius 1 is 1.22 bits per heavy atom. The number of hydrogen-bond acceptors (Lipinski definition) is 2. The molecule has 0 amide bonds. The summed E-state index contributed by atoms with van der Waals surface area (Å²) < 4.78 is 0. The highest BCUT2D eigenvalue weighted by atomic mass is 16.3. The number of para-hydroxylation sites is 1. The monoisotopic (exact) mass is 243 g/mol. The Labute approximate surface area is 109 Å². The fraction of sp³-hybridized carbons (Fsp3) is 0.562. The minimum Gasteiger partial charge on any atom is -0.507 e. The van der Waals surface area contributed by atoms with Crippen LogP contribution >= 0.6 is 0 Å². The SMILES string of the molecule is Cc1cccc(C=NC2CCC3CCCC32)c1O. The topological polar surface area (TPSA) is 32.6 Å². The van der Waals surface area contributed by atoms with Crippen LogP contribution in [0.15, 0.2) is 23.2 Å². The molecule has 1 aromatic carbocycles. The van der Waals surface area contributed by atoms with Gasteiger partial charge in [-0.3, -0.25) is 4.99 Å². The molecule has 0 aliphatic heterocycles. The lowest BCUT2D eigenvalue weighted by atomic mass is 9.98. The molecule has 3 rings (SSSR count). The summed E-state index contributed by atoms with van der Waals surface area (Å²) >= 11 is 0. The number of aryl methyl sites for hydroxylation is 1. The van der Waals surface area contributed by atoms with Crippen LogP contribution in [0.4, 0.5) is 0 Å². The predicted octanol–water partition coefficient (Wildman–Crippen LogP) is 3.70. The first-order valence-electron chi connectivity index (χ1n) is 7.07. The van der Waals surface area contributed by atoms with Gasteiger partial charge in [0.1, 0.15) is 5.75 Å². The van der Waals surface area contributed by atoms with Crippen molar-refractivity contribution in [3.63, 3.8) is 0 Å². The Bertz CT molecular complexity index is 466. The zero-order valence-corrected chi connectivity index (χ0v) is 11.0. The summed E-state index contributed by atoms with van der Waals surface area (Å²) in [5.74, 6) is 2.12. The Kier molecular flexibility index (Phi) is 3.11. The zero-order valence-electron chi connectivity index (χ0n) is 11.0. The van der Waals surface area contributed by atoms with Crippen molar-refractivity contribution in [3.8, 4) is 5.75 Å². The van der Waals surface area contributed by atoms with E-state index in [4.69, 9.17) is 4.99 Å². The highest BCUT2D eigenvalue weighted by Gasteiger charge is 2.38. The van der Waals surface area contributed by atoms with Crippen LogP contribution in [0.25, 0.3) is 0 Å². The third-order valence-corrected chi connectivity index (χ3v) is 4.72. The summed E-state index contributed by atoms with van der Waals surface area (Å²) in [6.07, 6.45) is 8.62. The molecule has 2 aliphatic rings. The van der Waals surface area contributed by atoms with Crippen molar-refractivity contribution in [2.24, 2.45) is 16.8 Å². The van der Waals surface area contributed by atoms with Crippen molar-refractivity contribution in [1.82, 2.24) is 0 Å². The highest BCUT2D eigenvalue weighted by Crippen LogP contribution is 2.45. The van der Waals surface area contributed by atoms with E-state index in [2.05, 4.69) is 0 Å². The molecule has 18 heavy (non-hydrogen) atoms. The van der Waals surface area contributed by atoms with E-state index in [9.17, 15) is 5.11 Å². The summed E-state index contributed by atoms with van der Waals surface area (Å²) in [4.78, 5) is 4.75. The molecule has 3 atom stereocenters. The van der Waals surface area contributed by atoms with Crippen molar-refractivity contribution in [2.75, 3.05) is 0 Å². The Balaban J connectivity index is 1.76. The maximum atomic E-state index is 9.97. The molecule has 0 heterocycles. The van der Waals surface area contributed by atoms with Crippen LogP contribution in [-0.4, -0.2) is 17.4 Å². The van der Waals surface area contributed by atoms with Crippen LogP contribution < -0.4 is 0 Å². The quantitative estimate of drug-likeness (QED) is 0.789. The van der Waals surface area contributed by atoms with Gasteiger partial charge in [0.25, 0.3) is 0 Å². The summed E-state index contributed by atoms with van der Waals surface area (Å²) in [5, 5.41) is 9.97. The predicted molar refractivity (Wildman–Crippen MR) is 74.3 cm³/mol. The molecule has 96 valence electrons. The van der Waals surface area contributed by atoms with Gasteiger partial charge in [-0.25, -0.2) is 0 Å². The van der Waals surface area contributed by atoms with Gasteiger partial charge in [0.05, 0.1) is 6.04 Å². The molecule has 0 spiro atoms. The average molecular weight is 243 g/mol. The van der Waals surface area contributed by atoms with Crippen molar-refractivity contribution in [3.05, 3.63) is 29.3 Å². The van der Waals surface area contributed by atoms with E-state index in [-0.39, 0.29) is 0 Å². The van der Waals surface area contributed by atoms with Gasteiger partial charge in [-0.2, -0.15) is 0 Å². The second-order valence-corrected chi connectivity index (χ2v) is 5.79. The first-order chi connectivity index (χ1) is 8.75. The van der Waals surface area contributed by atoms with Crippen LogP contribution in [-0.2, 0) is 0 Å². The Morgan fingerprint density at radius 3 is 3.00 bits per heavy atom. The van der Waals surface area contributed by atoms with Crippen molar-refractivity contribution in [2.45, 2.75) is 45.1 Å². The molecule has 2 nitrogen and oxygen atoms in total. The van der Waals surface area contributed by atoms with Gasteiger partial charge in [-0.05, 0) is 49.7 Å². The maximum absolute atomic E-state index is 9.97. The van der Waals surface area contributed by atoms with Crippen molar-refractivity contribution >= 4 is 6.21 Å². The lowest BCUT2D eigenvalue weighted by Crippen LogP contribution is -2.12. The molecule has 2 fully saturated rings. The third kappa shape index (κ3) is 2.05. The zero-order chi connectivity index (χ0) is 12.5. The number of nitrogens with zero attached hydrogens (tertiary/aromatic N) is 1. The van der Waals surface area contributed by atoms with Crippen LogP contribution in [0.1, 0.15) is 43.2 Å². The van der Waals surface area contributed by atoms with Crippen LogP contribution in [0.5, 0.6) is 5.75 Å². The summed E-state index contributed by atoms with van der Waals surface area (Å²) in [6, 6.07) is 6.34. The normalized spacial score (nSPS) is 31.1. The van der Waals surface area contributed by atoms with Crippen LogP contribution in [0.2, 0.25) is 0 Å². The largest absolute Gasteiger partial charge is 0.507 e. The smallest absolute Gasteiger partial charge is 0.127 e. The molecular formula is C16H21NO. The number of phenolic OH excluding ortho intramolecular Hbond substituents is 1. The van der Waals surface area contributed by atoms with E-state index >= 15 is 0 Å². The van der Waals surface area contributed by atoms with Gasteiger partial charge < -0.3 is 5.11 Å². The van der Waals surface area contributed by atoms with Gasteiger partial charge in [0.2, 0.25) is 0 Å². The van der Waals surface area contributed by atoms with E-state index < -0.39 is 0 Å². The van der Waals surface area contributed by atoms with Gasteiger partial charge in [-0.15, -0.1) is 0 Å². The molecule has 3 unspecified atom stereocenters. The number of benzene rings is 1. The van der Waals surface area contributed by atoms with Gasteiger partial charge >= 0.3 is 0 Å². The fourth-order valence-electron chi connectivity index (χ4n) is 3.68. The maximum Gasteiger partial charge on any atom is 0.127 e. The molecule has 0 radical (unpaired) electrons. The lowest BCUT2D eigenvalue weighted by Gasteiger charge is -2.13. The first kappa shape index (κ1) is 11.8. The number of hydrogen-bond donors (Lipinski definition) is 1. The van der Waals surface area contributed by atoms with E-state index in [1.165, 1.54) is 32.1 Å². The van der Waals surface area contributed by atoms with Gasteiger partial charge in [0.15, 0.2) is 0 Å². The van der Waals surface area contributed by atoms with Crippen LogP contribution in [0.3, 0.4) is 0 Å². The minimum atomic E-state index is 0.377. The average Bonchev–Trinajstić information content (AvgIpc) is 2.94. The molecule has 2 heteroatoms. The molecule has 0 bridgehead atoms. The fourth-order valence-corrected chi connectivity index (χ4v) is 3.68. The van der Waals surface area contributed by atoms with E-state index in [1.54, 1.807) is 0 Å². The van der Waals surface area contributed by atoms with Gasteiger partial charge in [-0.1, -0.05) is 25.0 Å². The minimum absolute atomic E-state index is 0.377. The third-order valence-electron chi connectivity index (χ3n) is 4.72. The summed E-state index contributed by atoms with van der Waals surface area (Å²) in [7, 11) is 0. The van der Waals surface area contributed by atoms with E-state index in [1.807, 2.05) is 31.3 Å². The number of aliphatic imine (C=N–C) groups is 1. The second-order valence-electron chi connectivity index (χ2n) is 5.79. The molecule has 2 saturated carbocycles. The van der Waals surface area contributed by atoms with Crippen molar-refractivity contribution < 1.29 is 5.11 Å². The van der Waals surface area contributed by atoms with Crippen LogP contribution in [0, 0.1) is 18.8 Å².